The smallest absolute Gasteiger partial charge is 0.265 e. The van der Waals surface area contributed by atoms with Crippen LogP contribution in [0.5, 0.6) is 11.5 Å². The van der Waals surface area contributed by atoms with E-state index in [0.29, 0.717) is 16.5 Å². The van der Waals surface area contributed by atoms with Crippen molar-refractivity contribution >= 4 is 17.5 Å². The number of fused-ring (bicyclic) bond motifs is 1. The molecule has 2 aromatic rings. The predicted octanol–water partition coefficient (Wildman–Crippen LogP) is 3.36. The van der Waals surface area contributed by atoms with Crippen LogP contribution in [0, 0.1) is 0 Å². The van der Waals surface area contributed by atoms with Crippen molar-refractivity contribution in [2.24, 2.45) is 0 Å². The Balaban J connectivity index is 1.67. The molecule has 0 aromatic heterocycles. The molecule has 4 nitrogen and oxygen atoms in total. The molecule has 0 aliphatic carbocycles. The van der Waals surface area contributed by atoms with E-state index in [9.17, 15) is 4.79 Å². The first-order valence-electron chi connectivity index (χ1n) is 7.08. The maximum absolute atomic E-state index is 12.3. The molecule has 1 N–H and O–H groups in total. The Bertz CT molecular complexity index is 689. The number of halogens is 1. The average molecular weight is 318 g/mol. The van der Waals surface area contributed by atoms with Crippen molar-refractivity contribution in [1.82, 2.24) is 5.32 Å². The number of carbonyl (C=O) groups is 1. The molecular formula is C17H16ClNO3. The maximum Gasteiger partial charge on any atom is 0.265 e. The lowest BCUT2D eigenvalue weighted by molar-refractivity contribution is -0.131. The van der Waals surface area contributed by atoms with Crippen LogP contribution in [0.2, 0.25) is 5.02 Å². The molecule has 2 unspecified atom stereocenters. The fourth-order valence-electron chi connectivity index (χ4n) is 2.36. The molecule has 2 aromatic carbocycles. The van der Waals surface area contributed by atoms with Crippen molar-refractivity contribution in [1.29, 1.82) is 0 Å². The number of benzene rings is 2. The van der Waals surface area contributed by atoms with Crippen LogP contribution in [0.4, 0.5) is 0 Å². The summed E-state index contributed by atoms with van der Waals surface area (Å²) in [5, 5.41) is 3.54. The standard InChI is InChI=1S/C17H16ClNO3/c1-11(12-6-2-3-7-13(12)18)19-17(20)16-10-21-14-8-4-5-9-15(14)22-16/h2-9,11,16H,10H2,1H3,(H,19,20). The fraction of sp³-hybridized carbons (Fsp3) is 0.235. The second-order valence-corrected chi connectivity index (χ2v) is 5.52. The summed E-state index contributed by atoms with van der Waals surface area (Å²) in [4.78, 5) is 12.3. The number of hydrogen-bond acceptors (Lipinski definition) is 3. The van der Waals surface area contributed by atoms with Crippen LogP contribution in [-0.2, 0) is 4.79 Å². The highest BCUT2D eigenvalue weighted by Gasteiger charge is 2.28. The minimum Gasteiger partial charge on any atom is -0.485 e. The van der Waals surface area contributed by atoms with E-state index < -0.39 is 6.10 Å². The third kappa shape index (κ3) is 3.02. The predicted molar refractivity (Wildman–Crippen MR) is 84.4 cm³/mol. The van der Waals surface area contributed by atoms with Gasteiger partial charge in [0.25, 0.3) is 5.91 Å². The molecule has 0 spiro atoms. The van der Waals surface area contributed by atoms with Gasteiger partial charge in [-0.2, -0.15) is 0 Å². The lowest BCUT2D eigenvalue weighted by Crippen LogP contribution is -2.44. The Kier molecular flexibility index (Phi) is 4.20. The fourth-order valence-corrected chi connectivity index (χ4v) is 2.66. The first-order valence-corrected chi connectivity index (χ1v) is 7.46. The van der Waals surface area contributed by atoms with E-state index >= 15 is 0 Å². The van der Waals surface area contributed by atoms with E-state index in [4.69, 9.17) is 21.1 Å². The summed E-state index contributed by atoms with van der Waals surface area (Å²) in [5.41, 5.74) is 0.870. The van der Waals surface area contributed by atoms with E-state index in [1.54, 1.807) is 12.1 Å². The van der Waals surface area contributed by atoms with E-state index in [0.717, 1.165) is 5.56 Å². The Labute approximate surface area is 134 Å². The van der Waals surface area contributed by atoms with Crippen LogP contribution < -0.4 is 14.8 Å². The molecule has 0 radical (unpaired) electrons. The van der Waals surface area contributed by atoms with Gasteiger partial charge < -0.3 is 14.8 Å². The number of para-hydroxylation sites is 2. The number of nitrogens with one attached hydrogen (secondary N) is 1. The van der Waals surface area contributed by atoms with Gasteiger partial charge in [-0.3, -0.25) is 4.79 Å². The minimum absolute atomic E-state index is 0.193. The summed E-state index contributed by atoms with van der Waals surface area (Å²) in [6.07, 6.45) is -0.667. The van der Waals surface area contributed by atoms with E-state index in [1.807, 2.05) is 43.3 Å². The van der Waals surface area contributed by atoms with E-state index in [1.165, 1.54) is 0 Å². The molecule has 1 amide bonds. The molecule has 114 valence electrons. The van der Waals surface area contributed by atoms with E-state index in [2.05, 4.69) is 5.32 Å². The molecule has 1 heterocycles. The van der Waals surface area contributed by atoms with Gasteiger partial charge in [-0.25, -0.2) is 0 Å². The van der Waals surface area contributed by atoms with Crippen molar-refractivity contribution in [2.45, 2.75) is 19.1 Å². The summed E-state index contributed by atoms with van der Waals surface area (Å²) >= 11 is 6.15. The van der Waals surface area contributed by atoms with E-state index in [-0.39, 0.29) is 18.6 Å². The third-order valence-corrected chi connectivity index (χ3v) is 3.88. The Morgan fingerprint density at radius 3 is 2.64 bits per heavy atom. The maximum atomic E-state index is 12.3. The molecule has 2 atom stereocenters. The van der Waals surface area contributed by atoms with Gasteiger partial charge in [0.15, 0.2) is 11.5 Å². The zero-order valence-corrected chi connectivity index (χ0v) is 12.8. The Morgan fingerprint density at radius 1 is 1.18 bits per heavy atom. The van der Waals surface area contributed by atoms with Crippen LogP contribution in [0.3, 0.4) is 0 Å². The summed E-state index contributed by atoms with van der Waals surface area (Å²) in [7, 11) is 0. The van der Waals surface area contributed by atoms with Crippen LogP contribution in [0.1, 0.15) is 18.5 Å². The molecule has 1 aliphatic heterocycles. The summed E-state index contributed by atoms with van der Waals surface area (Å²) in [5.74, 6) is 1.02. The number of ether oxygens (including phenoxy) is 2. The number of rotatable bonds is 3. The quantitative estimate of drug-likeness (QED) is 0.944. The number of amides is 1. The average Bonchev–Trinajstić information content (AvgIpc) is 2.54. The molecule has 1 aliphatic rings. The second kappa shape index (κ2) is 6.28. The second-order valence-electron chi connectivity index (χ2n) is 5.12. The normalized spacial score (nSPS) is 17.6. The summed E-state index contributed by atoms with van der Waals surface area (Å²) in [6.45, 7) is 2.08. The van der Waals surface area contributed by atoms with Gasteiger partial charge in [-0.15, -0.1) is 0 Å². The van der Waals surface area contributed by atoms with Gasteiger partial charge in [-0.05, 0) is 30.7 Å². The SMILES string of the molecule is CC(NC(=O)C1COc2ccccc2O1)c1ccccc1Cl. The molecule has 5 heteroatoms. The first kappa shape index (κ1) is 14.7. The van der Waals surface area contributed by atoms with Crippen LogP contribution in [-0.4, -0.2) is 18.6 Å². The van der Waals surface area contributed by atoms with Gasteiger partial charge in [0.05, 0.1) is 6.04 Å². The zero-order chi connectivity index (χ0) is 15.5. The largest absolute Gasteiger partial charge is 0.485 e. The van der Waals surface area contributed by atoms with Gasteiger partial charge in [0.2, 0.25) is 6.10 Å². The molecule has 0 saturated heterocycles. The molecule has 0 saturated carbocycles. The van der Waals surface area contributed by atoms with Crippen molar-refractivity contribution < 1.29 is 14.3 Å². The Hall–Kier alpha value is -2.20. The van der Waals surface area contributed by atoms with Gasteiger partial charge in [0.1, 0.15) is 6.61 Å². The molecular weight excluding hydrogens is 302 g/mol. The monoisotopic (exact) mass is 317 g/mol. The van der Waals surface area contributed by atoms with Gasteiger partial charge in [0, 0.05) is 5.02 Å². The highest BCUT2D eigenvalue weighted by molar-refractivity contribution is 6.31. The van der Waals surface area contributed by atoms with Crippen LogP contribution in [0.15, 0.2) is 48.5 Å². The van der Waals surface area contributed by atoms with Gasteiger partial charge in [-0.1, -0.05) is 41.9 Å². The minimum atomic E-state index is -0.667. The molecule has 0 bridgehead atoms. The summed E-state index contributed by atoms with van der Waals surface area (Å²) < 4.78 is 11.2. The Morgan fingerprint density at radius 2 is 1.86 bits per heavy atom. The van der Waals surface area contributed by atoms with Gasteiger partial charge >= 0.3 is 0 Å². The van der Waals surface area contributed by atoms with Crippen molar-refractivity contribution in [3.05, 3.63) is 59.1 Å². The molecule has 22 heavy (non-hydrogen) atoms. The highest BCUT2D eigenvalue weighted by Crippen LogP contribution is 2.31. The zero-order valence-electron chi connectivity index (χ0n) is 12.1. The number of carbonyl (C=O) groups excluding carboxylic acids is 1. The van der Waals surface area contributed by atoms with Crippen LogP contribution in [0.25, 0.3) is 0 Å². The van der Waals surface area contributed by atoms with Crippen molar-refractivity contribution in [3.63, 3.8) is 0 Å². The topological polar surface area (TPSA) is 47.6 Å². The first-order chi connectivity index (χ1) is 10.6. The van der Waals surface area contributed by atoms with Crippen LogP contribution >= 0.6 is 11.6 Å². The lowest BCUT2D eigenvalue weighted by Gasteiger charge is -2.27. The summed E-state index contributed by atoms with van der Waals surface area (Å²) in [6, 6.07) is 14.5. The molecule has 0 fully saturated rings. The molecule has 3 rings (SSSR count). The number of hydrogen-bond donors (Lipinski definition) is 1. The van der Waals surface area contributed by atoms with Crippen molar-refractivity contribution in [2.75, 3.05) is 6.61 Å². The highest BCUT2D eigenvalue weighted by atomic mass is 35.5. The third-order valence-electron chi connectivity index (χ3n) is 3.53. The lowest BCUT2D eigenvalue weighted by atomic mass is 10.1. The van der Waals surface area contributed by atoms with Crippen molar-refractivity contribution in [3.8, 4) is 11.5 Å².